The highest BCUT2D eigenvalue weighted by molar-refractivity contribution is 5.70. The number of ether oxygens (including phenoxy) is 2. The molecule has 18 heavy (non-hydrogen) atoms. The maximum Gasteiger partial charge on any atom is 0.227 e. The lowest BCUT2D eigenvalue weighted by molar-refractivity contribution is 0.396. The van der Waals surface area contributed by atoms with Crippen LogP contribution in [0.1, 0.15) is 0 Å². The van der Waals surface area contributed by atoms with Gasteiger partial charge in [-0.2, -0.15) is 4.98 Å². The molecule has 0 fully saturated rings. The average molecular weight is 248 g/mol. The van der Waals surface area contributed by atoms with E-state index in [4.69, 9.17) is 20.9 Å². The van der Waals surface area contributed by atoms with E-state index in [0.717, 1.165) is 0 Å². The maximum atomic E-state index is 5.56. The molecule has 0 unspecified atom stereocenters. The van der Waals surface area contributed by atoms with E-state index < -0.39 is 0 Å². The lowest BCUT2D eigenvalue weighted by Crippen LogP contribution is -2.03. The van der Waals surface area contributed by atoms with Crippen molar-refractivity contribution in [1.29, 1.82) is 0 Å². The molecule has 94 valence electrons. The van der Waals surface area contributed by atoms with E-state index in [1.54, 1.807) is 0 Å². The van der Waals surface area contributed by atoms with Crippen LogP contribution in [0.15, 0.2) is 12.4 Å². The van der Waals surface area contributed by atoms with Gasteiger partial charge in [-0.25, -0.2) is 15.0 Å². The number of methoxy groups -OCH3 is 2. The average Bonchev–Trinajstić information content (AvgIpc) is 2.38. The molecule has 0 amide bonds. The van der Waals surface area contributed by atoms with Crippen molar-refractivity contribution in [2.45, 2.75) is 0 Å². The minimum atomic E-state index is 0.108. The Morgan fingerprint density at radius 3 is 2.28 bits per heavy atom. The van der Waals surface area contributed by atoms with E-state index >= 15 is 0 Å². The Kier molecular flexibility index (Phi) is 3.09. The molecule has 2 heterocycles. The van der Waals surface area contributed by atoms with Crippen LogP contribution < -0.4 is 20.9 Å². The number of aromatic nitrogens is 4. The third-order valence-electron chi connectivity index (χ3n) is 2.21. The second-order valence-electron chi connectivity index (χ2n) is 3.30. The molecule has 0 aliphatic rings. The molecule has 0 spiro atoms. The molecule has 0 radical (unpaired) electrons. The van der Waals surface area contributed by atoms with E-state index in [-0.39, 0.29) is 11.9 Å². The van der Waals surface area contributed by atoms with Crippen molar-refractivity contribution in [3.8, 4) is 22.9 Å². The number of nitrogen functional groups attached to an aromatic ring is 2. The molecule has 4 N–H and O–H groups in total. The number of hydrogen-bond donors (Lipinski definition) is 2. The topological polar surface area (TPSA) is 122 Å². The van der Waals surface area contributed by atoms with Crippen LogP contribution in [-0.4, -0.2) is 34.2 Å². The summed E-state index contributed by atoms with van der Waals surface area (Å²) in [5.41, 5.74) is 12.0. The molecule has 0 aliphatic heterocycles. The fourth-order valence-electron chi connectivity index (χ4n) is 1.42. The standard InChI is InChI=1S/C10H12N6O2/c1-17-6-4-14-9(11)15-7(6)5-3-13-10(12)16-8(5)18-2/h3-4H,1-2H3,(H2,11,14,15)(H2,12,13,16). The summed E-state index contributed by atoms with van der Waals surface area (Å²) in [4.78, 5) is 15.8. The van der Waals surface area contributed by atoms with E-state index in [1.165, 1.54) is 26.6 Å². The Hall–Kier alpha value is -2.64. The summed E-state index contributed by atoms with van der Waals surface area (Å²) in [7, 11) is 2.98. The zero-order chi connectivity index (χ0) is 13.1. The van der Waals surface area contributed by atoms with Crippen molar-refractivity contribution in [3.63, 3.8) is 0 Å². The van der Waals surface area contributed by atoms with Gasteiger partial charge in [0, 0.05) is 6.20 Å². The molecule has 0 aliphatic carbocycles. The minimum Gasteiger partial charge on any atom is -0.493 e. The first-order valence-electron chi connectivity index (χ1n) is 4.99. The molecule has 8 heteroatoms. The van der Waals surface area contributed by atoms with Gasteiger partial charge in [0.15, 0.2) is 5.75 Å². The second kappa shape index (κ2) is 4.70. The lowest BCUT2D eigenvalue weighted by Gasteiger charge is -2.10. The summed E-state index contributed by atoms with van der Waals surface area (Å²) in [6, 6.07) is 0. The SMILES string of the molecule is COc1cnc(N)nc1-c1cnc(N)nc1OC. The number of anilines is 2. The van der Waals surface area contributed by atoms with Crippen LogP contribution in [0.3, 0.4) is 0 Å². The van der Waals surface area contributed by atoms with Gasteiger partial charge in [0.25, 0.3) is 0 Å². The quantitative estimate of drug-likeness (QED) is 0.785. The van der Waals surface area contributed by atoms with Gasteiger partial charge in [0.2, 0.25) is 17.8 Å². The van der Waals surface area contributed by atoms with E-state index in [0.29, 0.717) is 22.9 Å². The van der Waals surface area contributed by atoms with Crippen molar-refractivity contribution >= 4 is 11.9 Å². The Morgan fingerprint density at radius 1 is 0.944 bits per heavy atom. The minimum absolute atomic E-state index is 0.108. The van der Waals surface area contributed by atoms with Gasteiger partial charge < -0.3 is 20.9 Å². The van der Waals surface area contributed by atoms with Crippen molar-refractivity contribution in [3.05, 3.63) is 12.4 Å². The Labute approximate surface area is 103 Å². The van der Waals surface area contributed by atoms with E-state index in [2.05, 4.69) is 19.9 Å². The summed E-state index contributed by atoms with van der Waals surface area (Å²) in [5.74, 6) is 0.955. The molecule has 8 nitrogen and oxygen atoms in total. The fraction of sp³-hybridized carbons (Fsp3) is 0.200. The van der Waals surface area contributed by atoms with Crippen LogP contribution >= 0.6 is 0 Å². The van der Waals surface area contributed by atoms with E-state index in [1.807, 2.05) is 0 Å². The van der Waals surface area contributed by atoms with Crippen LogP contribution in [0, 0.1) is 0 Å². The predicted octanol–water partition coefficient (Wildman–Crippen LogP) is 0.115. The second-order valence-corrected chi connectivity index (χ2v) is 3.30. The summed E-state index contributed by atoms with van der Waals surface area (Å²) >= 11 is 0. The van der Waals surface area contributed by atoms with Gasteiger partial charge in [-0.1, -0.05) is 0 Å². The molecule has 0 saturated carbocycles. The highest BCUT2D eigenvalue weighted by Gasteiger charge is 2.16. The van der Waals surface area contributed by atoms with Gasteiger partial charge in [0.1, 0.15) is 5.69 Å². The smallest absolute Gasteiger partial charge is 0.227 e. The van der Waals surface area contributed by atoms with Crippen LogP contribution in [0.5, 0.6) is 11.6 Å². The molecule has 2 aromatic rings. The van der Waals surface area contributed by atoms with Crippen molar-refractivity contribution in [1.82, 2.24) is 19.9 Å². The van der Waals surface area contributed by atoms with Crippen LogP contribution in [0.2, 0.25) is 0 Å². The van der Waals surface area contributed by atoms with Crippen molar-refractivity contribution in [2.24, 2.45) is 0 Å². The van der Waals surface area contributed by atoms with Crippen LogP contribution in [0.4, 0.5) is 11.9 Å². The molecule has 0 saturated heterocycles. The normalized spacial score (nSPS) is 10.1. The highest BCUT2D eigenvalue weighted by atomic mass is 16.5. The zero-order valence-corrected chi connectivity index (χ0v) is 9.91. The molecule has 0 bridgehead atoms. The van der Waals surface area contributed by atoms with E-state index in [9.17, 15) is 0 Å². The summed E-state index contributed by atoms with van der Waals surface area (Å²) in [5, 5.41) is 0. The fourth-order valence-corrected chi connectivity index (χ4v) is 1.42. The third-order valence-corrected chi connectivity index (χ3v) is 2.21. The predicted molar refractivity (Wildman–Crippen MR) is 65.0 cm³/mol. The summed E-state index contributed by atoms with van der Waals surface area (Å²) < 4.78 is 10.3. The van der Waals surface area contributed by atoms with Crippen molar-refractivity contribution < 1.29 is 9.47 Å². The zero-order valence-electron chi connectivity index (χ0n) is 9.91. The maximum absolute atomic E-state index is 5.56. The highest BCUT2D eigenvalue weighted by Crippen LogP contribution is 2.33. The Bertz CT molecular complexity index is 574. The van der Waals surface area contributed by atoms with Crippen LogP contribution in [0.25, 0.3) is 11.3 Å². The van der Waals surface area contributed by atoms with Crippen molar-refractivity contribution in [2.75, 3.05) is 25.7 Å². The molecule has 0 aromatic carbocycles. The molecular weight excluding hydrogens is 236 g/mol. The molecule has 2 aromatic heterocycles. The first kappa shape index (κ1) is 11.8. The summed E-state index contributed by atoms with van der Waals surface area (Å²) in [6.45, 7) is 0. The monoisotopic (exact) mass is 248 g/mol. The van der Waals surface area contributed by atoms with Gasteiger partial charge >= 0.3 is 0 Å². The Balaban J connectivity index is 2.64. The number of hydrogen-bond acceptors (Lipinski definition) is 8. The summed E-state index contributed by atoms with van der Waals surface area (Å²) in [6.07, 6.45) is 2.96. The molecule has 2 rings (SSSR count). The molecule has 0 atom stereocenters. The first-order chi connectivity index (χ1) is 8.65. The third kappa shape index (κ3) is 2.08. The number of rotatable bonds is 3. The van der Waals surface area contributed by atoms with Crippen LogP contribution in [-0.2, 0) is 0 Å². The van der Waals surface area contributed by atoms with Gasteiger partial charge in [-0.3, -0.25) is 0 Å². The largest absolute Gasteiger partial charge is 0.493 e. The number of nitrogens with two attached hydrogens (primary N) is 2. The number of nitrogens with zero attached hydrogens (tertiary/aromatic N) is 4. The van der Waals surface area contributed by atoms with Gasteiger partial charge in [-0.15, -0.1) is 0 Å². The lowest BCUT2D eigenvalue weighted by atomic mass is 10.2. The van der Waals surface area contributed by atoms with Gasteiger partial charge in [0.05, 0.1) is 26.0 Å². The first-order valence-corrected chi connectivity index (χ1v) is 4.99. The molecular formula is C10H12N6O2. The Morgan fingerprint density at radius 2 is 1.61 bits per heavy atom. The van der Waals surface area contributed by atoms with Gasteiger partial charge in [-0.05, 0) is 0 Å².